The lowest BCUT2D eigenvalue weighted by Crippen LogP contribution is -2.36. The Balaban J connectivity index is 1.27. The average molecular weight is 755 g/mol. The van der Waals surface area contributed by atoms with Gasteiger partial charge in [-0.2, -0.15) is 14.2 Å². The molecule has 14 nitrogen and oxygen atoms in total. The number of nitrogens with zero attached hydrogens (tertiary/aromatic N) is 7. The summed E-state index contributed by atoms with van der Waals surface area (Å²) in [6.45, 7) is 5.84. The molecule has 0 atom stereocenters. The third kappa shape index (κ3) is 6.37. The van der Waals surface area contributed by atoms with Crippen LogP contribution in [-0.2, 0) is 19.3 Å². The topological polar surface area (TPSA) is 166 Å². The van der Waals surface area contributed by atoms with Gasteiger partial charge in [0.15, 0.2) is 0 Å². The highest BCUT2D eigenvalue weighted by atomic mass is 79.9. The van der Waals surface area contributed by atoms with Crippen LogP contribution in [-0.4, -0.2) is 89.5 Å². The zero-order chi connectivity index (χ0) is 33.6. The van der Waals surface area contributed by atoms with Crippen molar-refractivity contribution in [3.8, 4) is 16.9 Å². The molecule has 17 heteroatoms. The van der Waals surface area contributed by atoms with E-state index in [0.29, 0.717) is 88.5 Å². The van der Waals surface area contributed by atoms with Gasteiger partial charge in [0.2, 0.25) is 5.95 Å². The van der Waals surface area contributed by atoms with Crippen LogP contribution in [0.25, 0.3) is 22.2 Å². The largest absolute Gasteiger partial charge is 0.494 e. The molecule has 2 fully saturated rings. The van der Waals surface area contributed by atoms with Crippen LogP contribution in [0.4, 0.5) is 28.8 Å². The van der Waals surface area contributed by atoms with Gasteiger partial charge >= 0.3 is 0 Å². The number of morpholine rings is 1. The molecule has 3 aromatic heterocycles. The van der Waals surface area contributed by atoms with Crippen molar-refractivity contribution in [2.45, 2.75) is 18.1 Å². The lowest BCUT2D eigenvalue weighted by atomic mass is 10.0. The summed E-state index contributed by atoms with van der Waals surface area (Å²) in [5.74, 6) is 1.23. The Labute approximate surface area is 285 Å². The van der Waals surface area contributed by atoms with Gasteiger partial charge in [0.1, 0.15) is 24.2 Å². The number of hydrogen-bond acceptors (Lipinski definition) is 13. The highest BCUT2D eigenvalue weighted by Gasteiger charge is 2.38. The van der Waals surface area contributed by atoms with Gasteiger partial charge in [0.25, 0.3) is 10.0 Å². The van der Waals surface area contributed by atoms with Crippen molar-refractivity contribution in [3.63, 3.8) is 0 Å². The summed E-state index contributed by atoms with van der Waals surface area (Å²) in [7, 11) is -4.77. The lowest BCUT2D eigenvalue weighted by molar-refractivity contribution is 0.122. The van der Waals surface area contributed by atoms with Gasteiger partial charge in [0.05, 0.1) is 64.6 Å². The summed E-state index contributed by atoms with van der Waals surface area (Å²) in [6.07, 6.45) is 9.21. The Bertz CT molecular complexity index is 2180. The molecule has 2 N–H and O–H groups in total. The fourth-order valence-corrected chi connectivity index (χ4v) is 8.82. The number of aromatic nitrogens is 6. The second kappa shape index (κ2) is 12.7. The lowest BCUT2D eigenvalue weighted by Gasteiger charge is -2.31. The van der Waals surface area contributed by atoms with E-state index in [1.807, 2.05) is 24.3 Å². The second-order valence-corrected chi connectivity index (χ2v) is 18.0. The van der Waals surface area contributed by atoms with E-state index < -0.39 is 22.4 Å². The predicted molar refractivity (Wildman–Crippen MR) is 190 cm³/mol. The van der Waals surface area contributed by atoms with Gasteiger partial charge in [0, 0.05) is 54.6 Å². The molecule has 250 valence electrons. The predicted octanol–water partition coefficient (Wildman–Crippen LogP) is 4.97. The molecule has 7 rings (SSSR count). The molecule has 48 heavy (non-hydrogen) atoms. The van der Waals surface area contributed by atoms with Crippen LogP contribution in [0.5, 0.6) is 5.75 Å². The van der Waals surface area contributed by atoms with Crippen molar-refractivity contribution in [1.29, 1.82) is 0 Å². The van der Waals surface area contributed by atoms with Crippen LogP contribution in [0.1, 0.15) is 12.8 Å². The van der Waals surface area contributed by atoms with Crippen molar-refractivity contribution in [2.75, 3.05) is 62.3 Å². The molecule has 0 spiro atoms. The number of rotatable bonds is 10. The number of hydrogen-bond donors (Lipinski definition) is 2. The monoisotopic (exact) mass is 753 g/mol. The third-order valence-corrected chi connectivity index (χ3v) is 12.3. The van der Waals surface area contributed by atoms with Crippen LogP contribution < -0.4 is 25.6 Å². The zero-order valence-electron chi connectivity index (χ0n) is 26.4. The van der Waals surface area contributed by atoms with Gasteiger partial charge < -0.3 is 29.6 Å². The van der Waals surface area contributed by atoms with Crippen molar-refractivity contribution >= 4 is 78.3 Å². The smallest absolute Gasteiger partial charge is 0.256 e. The Morgan fingerprint density at radius 2 is 1.79 bits per heavy atom. The number of benzene rings is 2. The summed E-state index contributed by atoms with van der Waals surface area (Å²) < 4.78 is 52.4. The van der Waals surface area contributed by atoms with Crippen LogP contribution >= 0.6 is 23.1 Å². The highest BCUT2D eigenvalue weighted by Crippen LogP contribution is 2.43. The minimum Gasteiger partial charge on any atom is -0.494 e. The highest BCUT2D eigenvalue weighted by molar-refractivity contribution is 9.10. The third-order valence-electron chi connectivity index (χ3n) is 8.14. The van der Waals surface area contributed by atoms with E-state index in [2.05, 4.69) is 51.5 Å². The number of halogens is 1. The van der Waals surface area contributed by atoms with Crippen molar-refractivity contribution in [3.05, 3.63) is 59.7 Å². The van der Waals surface area contributed by atoms with Gasteiger partial charge in [-0.1, -0.05) is 0 Å². The molecule has 0 bridgehead atoms. The molecule has 1 aliphatic carbocycles. The van der Waals surface area contributed by atoms with E-state index in [0.717, 1.165) is 15.3 Å². The Morgan fingerprint density at radius 1 is 1.02 bits per heavy atom. The molecular weight excluding hydrogens is 721 g/mol. The van der Waals surface area contributed by atoms with E-state index in [1.165, 1.54) is 0 Å². The molecule has 1 aliphatic heterocycles. The SMILES string of the molecule is COc1cc(N2CCOCC2)c(-c2cnn(S(=O)(=O)C3CC3)c2)cc1Nc1ncc(Br)c(Nc2ccc3nccnc3c2P(C)(C)=O)n1. The standard InChI is InChI=1S/C31H33BrN9O5PS/c1-45-27-15-26(40-10-12-46-13-11-40)21(19-16-36-41(18-19)48(43,44)20-4-5-20)14-25(27)38-31-35-17-22(32)30(39-31)37-24-7-6-23-28(34-9-8-33-23)29(24)47(2,3)42/h6-9,14-18,20H,4-5,10-13H2,1-3H3,(H2,35,37,38,39). The van der Waals surface area contributed by atoms with Crippen LogP contribution in [0.3, 0.4) is 0 Å². The van der Waals surface area contributed by atoms with Crippen LogP contribution in [0, 0.1) is 0 Å². The molecule has 5 aromatic rings. The first-order chi connectivity index (χ1) is 23.0. The maximum Gasteiger partial charge on any atom is 0.256 e. The number of ether oxygens (including phenoxy) is 2. The number of anilines is 5. The normalized spacial score (nSPS) is 15.5. The Kier molecular flexibility index (Phi) is 8.60. The van der Waals surface area contributed by atoms with Crippen LogP contribution in [0.2, 0.25) is 0 Å². The molecular formula is C31H33BrN9O5PS. The Morgan fingerprint density at radius 3 is 2.52 bits per heavy atom. The van der Waals surface area contributed by atoms with Gasteiger partial charge in [-0.25, -0.2) is 13.4 Å². The minimum atomic E-state index is -3.55. The molecule has 1 saturated heterocycles. The number of nitrogens with one attached hydrogen (secondary N) is 2. The average Bonchev–Trinajstić information content (AvgIpc) is 3.83. The minimum absolute atomic E-state index is 0.259. The fourth-order valence-electron chi connectivity index (χ4n) is 5.67. The van der Waals surface area contributed by atoms with Crippen molar-refractivity contribution in [2.24, 2.45) is 0 Å². The molecule has 1 saturated carbocycles. The van der Waals surface area contributed by atoms with Crippen molar-refractivity contribution < 1.29 is 22.5 Å². The summed E-state index contributed by atoms with van der Waals surface area (Å²) in [4.78, 5) is 20.2. The summed E-state index contributed by atoms with van der Waals surface area (Å²) in [5, 5.41) is 11.0. The maximum absolute atomic E-state index is 13.5. The second-order valence-electron chi connectivity index (χ2n) is 11.9. The van der Waals surface area contributed by atoms with Gasteiger partial charge in [-0.05, 0) is 60.3 Å². The molecule has 0 unspecified atom stereocenters. The zero-order valence-corrected chi connectivity index (χ0v) is 29.7. The maximum atomic E-state index is 13.5. The molecule has 2 aliphatic rings. The molecule has 0 amide bonds. The van der Waals surface area contributed by atoms with Crippen LogP contribution in [0.15, 0.2) is 59.7 Å². The summed E-state index contributed by atoms with van der Waals surface area (Å²) in [5.41, 5.74) is 4.62. The summed E-state index contributed by atoms with van der Waals surface area (Å²) >= 11 is 3.54. The molecule has 0 radical (unpaired) electrons. The van der Waals surface area contributed by atoms with Gasteiger partial charge in [-0.15, -0.1) is 0 Å². The molecule has 4 heterocycles. The first kappa shape index (κ1) is 32.4. The quantitative estimate of drug-likeness (QED) is 0.184. The van der Waals surface area contributed by atoms with Gasteiger partial charge in [-0.3, -0.25) is 9.97 Å². The Hall–Kier alpha value is -4.11. The van der Waals surface area contributed by atoms with E-state index in [1.54, 1.807) is 51.4 Å². The first-order valence-corrected chi connectivity index (χ1v) is 20.1. The number of fused-ring (bicyclic) bond motifs is 1. The van der Waals surface area contributed by atoms with Crippen molar-refractivity contribution in [1.82, 2.24) is 29.1 Å². The van der Waals surface area contributed by atoms with E-state index >= 15 is 0 Å². The van der Waals surface area contributed by atoms with E-state index in [9.17, 15) is 13.0 Å². The first-order valence-electron chi connectivity index (χ1n) is 15.2. The van der Waals surface area contributed by atoms with E-state index in [-0.39, 0.29) is 5.95 Å². The molecule has 2 aromatic carbocycles. The number of methoxy groups -OCH3 is 1. The van der Waals surface area contributed by atoms with E-state index in [4.69, 9.17) is 14.5 Å². The summed E-state index contributed by atoms with van der Waals surface area (Å²) in [6, 6.07) is 7.43. The fraction of sp³-hybridized carbons (Fsp3) is 0.323.